The van der Waals surface area contributed by atoms with E-state index in [0.29, 0.717) is 6.42 Å². The summed E-state index contributed by atoms with van der Waals surface area (Å²) in [4.78, 5) is 26.3. The van der Waals surface area contributed by atoms with Crippen LogP contribution in [0.3, 0.4) is 0 Å². The fourth-order valence-electron chi connectivity index (χ4n) is 4.37. The normalized spacial score (nSPS) is 17.3. The molecule has 0 rings (SSSR count). The average Bonchev–Trinajstić information content (AvgIpc) is 2.79. The van der Waals surface area contributed by atoms with E-state index in [9.17, 15) is 9.59 Å². The maximum absolute atomic E-state index is 13.6. The van der Waals surface area contributed by atoms with Gasteiger partial charge >= 0.3 is 5.97 Å². The number of carbonyl (C=O) groups is 2. The first-order chi connectivity index (χ1) is 15.5. The van der Waals surface area contributed by atoms with Gasteiger partial charge in [0.25, 0.3) is 0 Å². The van der Waals surface area contributed by atoms with E-state index in [-0.39, 0.29) is 42.2 Å². The smallest absolute Gasteiger partial charge is 0.309 e. The standard InChI is InChI=1S/C28H48O5/c1-11-14-15-16-18-21(5)26(32-10)22(6)27(30)28(7,8)24(31-9)19-25(29)33-23(17-12-2)20(4)13-3/h11-14,21-24,26H,2,15-19H2,1,3-10H3/b14-11+,20-13+. The molecule has 0 aliphatic carbocycles. The Morgan fingerprint density at radius 3 is 2.21 bits per heavy atom. The van der Waals surface area contributed by atoms with Crippen LogP contribution >= 0.6 is 0 Å². The Balaban J connectivity index is 5.34. The van der Waals surface area contributed by atoms with Crippen molar-refractivity contribution in [1.82, 2.24) is 0 Å². The van der Waals surface area contributed by atoms with E-state index in [4.69, 9.17) is 14.2 Å². The van der Waals surface area contributed by atoms with Gasteiger partial charge in [0.1, 0.15) is 11.9 Å². The Labute approximate surface area is 202 Å². The first kappa shape index (κ1) is 31.3. The second kappa shape index (κ2) is 16.0. The monoisotopic (exact) mass is 464 g/mol. The van der Waals surface area contributed by atoms with Crippen molar-refractivity contribution in [2.24, 2.45) is 17.3 Å². The molecule has 5 heteroatoms. The van der Waals surface area contributed by atoms with Crippen LogP contribution in [0.1, 0.15) is 80.6 Å². The number of unbranched alkanes of at least 4 members (excludes halogenated alkanes) is 1. The summed E-state index contributed by atoms with van der Waals surface area (Å²) in [5.41, 5.74) is 0.0885. The number of allylic oxidation sites excluding steroid dienone is 3. The number of methoxy groups -OCH3 is 2. The van der Waals surface area contributed by atoms with Crippen LogP contribution in [0.5, 0.6) is 0 Å². The van der Waals surface area contributed by atoms with Gasteiger partial charge < -0.3 is 14.2 Å². The third-order valence-corrected chi connectivity index (χ3v) is 6.70. The van der Waals surface area contributed by atoms with Crippen molar-refractivity contribution in [3.05, 3.63) is 36.5 Å². The molecule has 0 bridgehead atoms. The maximum Gasteiger partial charge on any atom is 0.309 e. The van der Waals surface area contributed by atoms with E-state index in [1.807, 2.05) is 47.6 Å². The molecule has 0 radical (unpaired) electrons. The maximum atomic E-state index is 13.6. The summed E-state index contributed by atoms with van der Waals surface area (Å²) in [6.07, 6.45) is 10.3. The van der Waals surface area contributed by atoms with Crippen LogP contribution in [-0.4, -0.2) is 44.3 Å². The van der Waals surface area contributed by atoms with Gasteiger partial charge in [0.15, 0.2) is 0 Å². The van der Waals surface area contributed by atoms with Crippen molar-refractivity contribution < 1.29 is 23.8 Å². The average molecular weight is 465 g/mol. The molecule has 0 aliphatic rings. The lowest BCUT2D eigenvalue weighted by Crippen LogP contribution is -2.46. The molecule has 0 heterocycles. The molecular formula is C28H48O5. The lowest BCUT2D eigenvalue weighted by atomic mass is 9.72. The minimum Gasteiger partial charge on any atom is -0.457 e. The zero-order valence-corrected chi connectivity index (χ0v) is 22.5. The van der Waals surface area contributed by atoms with E-state index >= 15 is 0 Å². The Morgan fingerprint density at radius 1 is 1.09 bits per heavy atom. The van der Waals surface area contributed by atoms with Gasteiger partial charge in [0, 0.05) is 26.6 Å². The number of Topliss-reactive ketones (excluding diaryl/α,β-unsaturated/α-hetero) is 1. The molecule has 0 fully saturated rings. The molecular weight excluding hydrogens is 416 g/mol. The van der Waals surface area contributed by atoms with Gasteiger partial charge in [-0.05, 0) is 51.5 Å². The van der Waals surface area contributed by atoms with Gasteiger partial charge in [0.05, 0.1) is 24.0 Å². The van der Waals surface area contributed by atoms with Crippen LogP contribution in [0.2, 0.25) is 0 Å². The van der Waals surface area contributed by atoms with Crippen molar-refractivity contribution in [2.45, 2.75) is 98.9 Å². The van der Waals surface area contributed by atoms with Gasteiger partial charge in [-0.1, -0.05) is 52.0 Å². The topological polar surface area (TPSA) is 61.8 Å². The third kappa shape index (κ3) is 9.97. The summed E-state index contributed by atoms with van der Waals surface area (Å²) in [7, 11) is 3.20. The number of hydrogen-bond donors (Lipinski definition) is 0. The Hall–Kier alpha value is -1.72. The second-order valence-electron chi connectivity index (χ2n) is 9.52. The summed E-state index contributed by atoms with van der Waals surface area (Å²) in [6, 6.07) is 0. The van der Waals surface area contributed by atoms with E-state index in [2.05, 4.69) is 25.7 Å². The highest BCUT2D eigenvalue weighted by molar-refractivity contribution is 5.88. The summed E-state index contributed by atoms with van der Waals surface area (Å²) in [5.74, 6) is -0.441. The van der Waals surface area contributed by atoms with Crippen molar-refractivity contribution in [3.8, 4) is 0 Å². The summed E-state index contributed by atoms with van der Waals surface area (Å²) in [5, 5.41) is 0. The lowest BCUT2D eigenvalue weighted by molar-refractivity contribution is -0.156. The molecule has 0 N–H and O–H groups in total. The lowest BCUT2D eigenvalue weighted by Gasteiger charge is -2.37. The Kier molecular flexibility index (Phi) is 15.2. The van der Waals surface area contributed by atoms with Gasteiger partial charge in [-0.2, -0.15) is 0 Å². The van der Waals surface area contributed by atoms with Crippen molar-refractivity contribution in [3.63, 3.8) is 0 Å². The van der Waals surface area contributed by atoms with E-state index < -0.39 is 11.5 Å². The molecule has 5 nitrogen and oxygen atoms in total. The van der Waals surface area contributed by atoms with Crippen molar-refractivity contribution in [1.29, 1.82) is 0 Å². The van der Waals surface area contributed by atoms with Gasteiger partial charge in [0.2, 0.25) is 0 Å². The van der Waals surface area contributed by atoms with Gasteiger partial charge in [-0.25, -0.2) is 0 Å². The molecule has 33 heavy (non-hydrogen) atoms. The molecule has 190 valence electrons. The SMILES string of the molecule is C=CCC(OC(=O)CC(OC)C(C)(C)C(=O)C(C)C(OC)C(C)CCC/C=C/C)/C(C)=C/C. The fourth-order valence-corrected chi connectivity index (χ4v) is 4.37. The van der Waals surface area contributed by atoms with Crippen LogP contribution in [0.25, 0.3) is 0 Å². The highest BCUT2D eigenvalue weighted by atomic mass is 16.5. The van der Waals surface area contributed by atoms with Crippen LogP contribution in [0.4, 0.5) is 0 Å². The third-order valence-electron chi connectivity index (χ3n) is 6.70. The van der Waals surface area contributed by atoms with Crippen molar-refractivity contribution >= 4 is 11.8 Å². The Bertz CT molecular complexity index is 661. The summed E-state index contributed by atoms with van der Waals surface area (Å²) in [6.45, 7) is 17.3. The predicted octanol–water partition coefficient (Wildman–Crippen LogP) is 6.47. The van der Waals surface area contributed by atoms with Gasteiger partial charge in [-0.15, -0.1) is 6.58 Å². The van der Waals surface area contributed by atoms with Crippen molar-refractivity contribution in [2.75, 3.05) is 14.2 Å². The molecule has 0 aromatic rings. The van der Waals surface area contributed by atoms with E-state index in [1.165, 1.54) is 7.11 Å². The van der Waals surface area contributed by atoms with Crippen LogP contribution in [0.15, 0.2) is 36.5 Å². The summed E-state index contributed by atoms with van der Waals surface area (Å²) >= 11 is 0. The van der Waals surface area contributed by atoms with Crippen LogP contribution < -0.4 is 0 Å². The molecule has 0 amide bonds. The van der Waals surface area contributed by atoms with Crippen LogP contribution in [-0.2, 0) is 23.8 Å². The number of hydrogen-bond acceptors (Lipinski definition) is 5. The second-order valence-corrected chi connectivity index (χ2v) is 9.52. The minimum absolute atomic E-state index is 0.00313. The first-order valence-corrected chi connectivity index (χ1v) is 12.2. The number of ketones is 1. The molecule has 0 saturated heterocycles. The van der Waals surface area contributed by atoms with E-state index in [0.717, 1.165) is 24.8 Å². The fraction of sp³-hybridized carbons (Fsp3) is 0.714. The largest absolute Gasteiger partial charge is 0.457 e. The quantitative estimate of drug-likeness (QED) is 0.140. The molecule has 0 aliphatic heterocycles. The zero-order valence-electron chi connectivity index (χ0n) is 22.5. The van der Waals surface area contributed by atoms with Gasteiger partial charge in [-0.3, -0.25) is 9.59 Å². The molecule has 0 aromatic carbocycles. The number of carbonyl (C=O) groups excluding carboxylic acids is 2. The Morgan fingerprint density at radius 2 is 1.73 bits per heavy atom. The highest BCUT2D eigenvalue weighted by Gasteiger charge is 2.43. The molecule has 5 atom stereocenters. The number of esters is 1. The molecule has 5 unspecified atom stereocenters. The highest BCUT2D eigenvalue weighted by Crippen LogP contribution is 2.34. The first-order valence-electron chi connectivity index (χ1n) is 12.2. The van der Waals surface area contributed by atoms with Crippen LogP contribution in [0, 0.1) is 17.3 Å². The molecule has 0 saturated carbocycles. The summed E-state index contributed by atoms with van der Waals surface area (Å²) < 4.78 is 17.1. The number of rotatable bonds is 17. The number of ether oxygens (including phenoxy) is 3. The minimum atomic E-state index is -0.877. The molecule has 0 spiro atoms. The zero-order chi connectivity index (χ0) is 25.6. The van der Waals surface area contributed by atoms with E-state index in [1.54, 1.807) is 13.2 Å². The predicted molar refractivity (Wildman–Crippen MR) is 136 cm³/mol. The molecule has 0 aromatic heterocycles.